The lowest BCUT2D eigenvalue weighted by Crippen LogP contribution is -2.25. The number of aliphatic hydroxyl groups is 1. The van der Waals surface area contributed by atoms with Crippen molar-refractivity contribution in [3.05, 3.63) is 24.0 Å². The van der Waals surface area contributed by atoms with Gasteiger partial charge in [-0.15, -0.1) is 0 Å². The molecule has 2 N–H and O–H groups in total. The molecular weight excluding hydrogens is 201 g/mol. The van der Waals surface area contributed by atoms with Gasteiger partial charge in [-0.25, -0.2) is 4.39 Å². The zero-order valence-corrected chi connectivity index (χ0v) is 7.85. The van der Waals surface area contributed by atoms with Crippen molar-refractivity contribution < 1.29 is 19.4 Å². The first-order valence-corrected chi connectivity index (χ1v) is 4.55. The molecule has 1 aliphatic rings. The summed E-state index contributed by atoms with van der Waals surface area (Å²) in [6, 6.07) is 3.95. The third kappa shape index (κ3) is 1.66. The summed E-state index contributed by atoms with van der Waals surface area (Å²) in [5.74, 6) is -1.65. The molecule has 1 amide bonds. The molecule has 0 radical (unpaired) electrons. The number of β-amino-alcohol motifs (C(OH)–C–C–N with tert-alkyl or cyclic N) is 1. The Balaban J connectivity index is 2.38. The minimum absolute atomic E-state index is 0.00987. The van der Waals surface area contributed by atoms with Crippen molar-refractivity contribution in [3.63, 3.8) is 0 Å². The predicted octanol–water partition coefficient (Wildman–Crippen LogP) is 0.629. The largest absolute Gasteiger partial charge is 0.503 e. The highest BCUT2D eigenvalue weighted by Gasteiger charge is 2.31. The van der Waals surface area contributed by atoms with E-state index in [1.54, 1.807) is 0 Å². The maximum atomic E-state index is 13.0. The quantitative estimate of drug-likeness (QED) is 0.716. The molecule has 1 fully saturated rings. The third-order valence-corrected chi connectivity index (χ3v) is 2.36. The molecule has 1 atom stereocenters. The molecule has 0 saturated carbocycles. The summed E-state index contributed by atoms with van der Waals surface area (Å²) in [5, 5.41) is 18.7. The van der Waals surface area contributed by atoms with Crippen LogP contribution in [0.4, 0.5) is 10.1 Å². The van der Waals surface area contributed by atoms with Gasteiger partial charge in [-0.1, -0.05) is 6.07 Å². The van der Waals surface area contributed by atoms with E-state index in [2.05, 4.69) is 0 Å². The standard InChI is InChI=1S/C10H10FNO3/c11-7-2-1-3-8(10(7)15)12-5-6(13)4-9(12)14/h1-3,6,13,15H,4-5H2. The van der Waals surface area contributed by atoms with Gasteiger partial charge >= 0.3 is 0 Å². The second-order valence-electron chi connectivity index (χ2n) is 3.47. The molecule has 0 aliphatic carbocycles. The summed E-state index contributed by atoms with van der Waals surface area (Å²) in [6.45, 7) is 0.0931. The number of benzene rings is 1. The Bertz CT molecular complexity index is 408. The van der Waals surface area contributed by atoms with Crippen molar-refractivity contribution in [2.45, 2.75) is 12.5 Å². The molecule has 1 aliphatic heterocycles. The first-order chi connectivity index (χ1) is 7.09. The highest BCUT2D eigenvalue weighted by atomic mass is 19.1. The van der Waals surface area contributed by atoms with Gasteiger partial charge in [0.2, 0.25) is 5.91 Å². The number of amides is 1. The van der Waals surface area contributed by atoms with Gasteiger partial charge in [0.15, 0.2) is 11.6 Å². The first-order valence-electron chi connectivity index (χ1n) is 4.55. The third-order valence-electron chi connectivity index (χ3n) is 2.36. The van der Waals surface area contributed by atoms with Crippen molar-refractivity contribution in [1.29, 1.82) is 0 Å². The molecule has 0 aromatic heterocycles. The van der Waals surface area contributed by atoms with Gasteiger partial charge in [0.1, 0.15) is 0 Å². The lowest BCUT2D eigenvalue weighted by atomic mass is 10.2. The lowest BCUT2D eigenvalue weighted by Gasteiger charge is -2.17. The molecule has 4 nitrogen and oxygen atoms in total. The van der Waals surface area contributed by atoms with Crippen LogP contribution in [-0.2, 0) is 4.79 Å². The molecule has 1 aromatic carbocycles. The number of carbonyl (C=O) groups is 1. The van der Waals surface area contributed by atoms with Crippen LogP contribution in [-0.4, -0.2) is 28.8 Å². The number of hydrogen-bond acceptors (Lipinski definition) is 3. The first kappa shape index (κ1) is 9.92. The van der Waals surface area contributed by atoms with Crippen molar-refractivity contribution in [2.75, 3.05) is 11.4 Å². The van der Waals surface area contributed by atoms with Gasteiger partial charge in [0.05, 0.1) is 24.8 Å². The SMILES string of the molecule is O=C1CC(O)CN1c1cccc(F)c1O. The summed E-state index contributed by atoms with van der Waals surface area (Å²) in [4.78, 5) is 12.6. The van der Waals surface area contributed by atoms with E-state index in [1.807, 2.05) is 0 Å². The van der Waals surface area contributed by atoms with E-state index in [0.717, 1.165) is 6.07 Å². The second-order valence-corrected chi connectivity index (χ2v) is 3.47. The highest BCUT2D eigenvalue weighted by Crippen LogP contribution is 2.32. The number of para-hydroxylation sites is 1. The second kappa shape index (κ2) is 3.51. The van der Waals surface area contributed by atoms with E-state index < -0.39 is 17.7 Å². The molecule has 1 heterocycles. The number of hydrogen-bond donors (Lipinski definition) is 2. The number of aliphatic hydroxyl groups excluding tert-OH is 1. The van der Waals surface area contributed by atoms with Crippen LogP contribution in [0.1, 0.15) is 6.42 Å². The van der Waals surface area contributed by atoms with E-state index in [-0.39, 0.29) is 24.6 Å². The van der Waals surface area contributed by atoms with Crippen LogP contribution in [0.15, 0.2) is 18.2 Å². The monoisotopic (exact) mass is 211 g/mol. The fraction of sp³-hybridized carbons (Fsp3) is 0.300. The summed E-state index contributed by atoms with van der Waals surface area (Å²) in [6.07, 6.45) is -0.740. The Hall–Kier alpha value is -1.62. The van der Waals surface area contributed by atoms with Crippen LogP contribution >= 0.6 is 0 Å². The van der Waals surface area contributed by atoms with Crippen LogP contribution in [0, 0.1) is 5.82 Å². The molecule has 0 spiro atoms. The number of phenolic OH excluding ortho intramolecular Hbond substituents is 1. The number of aromatic hydroxyl groups is 1. The van der Waals surface area contributed by atoms with Crippen LogP contribution in [0.3, 0.4) is 0 Å². The lowest BCUT2D eigenvalue weighted by molar-refractivity contribution is -0.117. The van der Waals surface area contributed by atoms with Crippen molar-refractivity contribution in [1.82, 2.24) is 0 Å². The van der Waals surface area contributed by atoms with Crippen LogP contribution < -0.4 is 4.90 Å². The number of rotatable bonds is 1. The van der Waals surface area contributed by atoms with Gasteiger partial charge in [0.25, 0.3) is 0 Å². The van der Waals surface area contributed by atoms with Crippen molar-refractivity contribution in [3.8, 4) is 5.75 Å². The molecule has 1 unspecified atom stereocenters. The van der Waals surface area contributed by atoms with Gasteiger partial charge in [-0.3, -0.25) is 4.79 Å². The Morgan fingerprint density at radius 3 is 2.80 bits per heavy atom. The van der Waals surface area contributed by atoms with Crippen LogP contribution in [0.5, 0.6) is 5.75 Å². The molecule has 0 bridgehead atoms. The summed E-state index contributed by atoms with van der Waals surface area (Å²) in [5.41, 5.74) is 0.108. The van der Waals surface area contributed by atoms with Crippen molar-refractivity contribution >= 4 is 11.6 Å². The smallest absolute Gasteiger partial charge is 0.229 e. The van der Waals surface area contributed by atoms with Gasteiger partial charge < -0.3 is 15.1 Å². The van der Waals surface area contributed by atoms with Crippen LogP contribution in [0.2, 0.25) is 0 Å². The van der Waals surface area contributed by atoms with E-state index in [0.29, 0.717) is 0 Å². The van der Waals surface area contributed by atoms with E-state index in [1.165, 1.54) is 17.0 Å². The highest BCUT2D eigenvalue weighted by molar-refractivity contribution is 5.97. The average Bonchev–Trinajstić information content (AvgIpc) is 2.50. The van der Waals surface area contributed by atoms with Gasteiger partial charge in [-0.05, 0) is 12.1 Å². The normalized spacial score (nSPS) is 21.1. The van der Waals surface area contributed by atoms with Gasteiger partial charge in [-0.2, -0.15) is 0 Å². The zero-order chi connectivity index (χ0) is 11.0. The summed E-state index contributed by atoms with van der Waals surface area (Å²) >= 11 is 0. The molecule has 80 valence electrons. The van der Waals surface area contributed by atoms with Crippen LogP contribution in [0.25, 0.3) is 0 Å². The molecular formula is C10H10FNO3. The number of halogens is 1. The Kier molecular flexibility index (Phi) is 2.32. The Labute approximate surface area is 85.6 Å². The maximum Gasteiger partial charge on any atom is 0.229 e. The number of carbonyl (C=O) groups excluding carboxylic acids is 1. The molecule has 2 rings (SSSR count). The average molecular weight is 211 g/mol. The van der Waals surface area contributed by atoms with Gasteiger partial charge in [0, 0.05) is 0 Å². The van der Waals surface area contributed by atoms with E-state index in [9.17, 15) is 19.4 Å². The molecule has 15 heavy (non-hydrogen) atoms. The number of phenols is 1. The van der Waals surface area contributed by atoms with Crippen molar-refractivity contribution in [2.24, 2.45) is 0 Å². The Morgan fingerprint density at radius 1 is 1.47 bits per heavy atom. The van der Waals surface area contributed by atoms with E-state index >= 15 is 0 Å². The molecule has 1 saturated heterocycles. The Morgan fingerprint density at radius 2 is 2.20 bits per heavy atom. The zero-order valence-electron chi connectivity index (χ0n) is 7.85. The summed E-state index contributed by atoms with van der Waals surface area (Å²) in [7, 11) is 0. The molecule has 5 heteroatoms. The van der Waals surface area contributed by atoms with E-state index in [4.69, 9.17) is 0 Å². The summed E-state index contributed by atoms with van der Waals surface area (Å²) < 4.78 is 13.0. The fourth-order valence-corrected chi connectivity index (χ4v) is 1.64. The predicted molar refractivity (Wildman–Crippen MR) is 51.0 cm³/mol. The number of anilines is 1. The maximum absolute atomic E-state index is 13.0. The molecule has 1 aromatic rings. The number of nitrogens with zero attached hydrogens (tertiary/aromatic N) is 1. The minimum atomic E-state index is -0.776. The minimum Gasteiger partial charge on any atom is -0.503 e. The topological polar surface area (TPSA) is 60.8 Å². The fourth-order valence-electron chi connectivity index (χ4n) is 1.64.